The molecule has 0 aliphatic rings. The lowest BCUT2D eigenvalue weighted by Crippen LogP contribution is -1.68. The Morgan fingerprint density at radius 1 is 1.45 bits per heavy atom. The Hall–Kier alpha value is -0.980. The van der Waals surface area contributed by atoms with Gasteiger partial charge in [-0.05, 0) is 25.5 Å². The summed E-state index contributed by atoms with van der Waals surface area (Å²) in [4.78, 5) is 0. The summed E-state index contributed by atoms with van der Waals surface area (Å²) in [5.74, 6) is 0. The van der Waals surface area contributed by atoms with E-state index in [-0.39, 0.29) is 0 Å². The van der Waals surface area contributed by atoms with Crippen LogP contribution in [0.5, 0.6) is 0 Å². The average molecular weight is 152 g/mol. The fraction of sp³-hybridized carbons (Fsp3) is 0.400. The number of rotatable bonds is 5. The molecule has 0 aliphatic carbocycles. The summed E-state index contributed by atoms with van der Waals surface area (Å²) in [6.07, 6.45) is 9.39. The van der Waals surface area contributed by atoms with Gasteiger partial charge in [0, 0.05) is 0 Å². The molecule has 1 nitrogen and oxygen atoms in total. The average Bonchev–Trinajstić information content (AvgIpc) is 1.96. The van der Waals surface area contributed by atoms with Crippen molar-refractivity contribution in [3.05, 3.63) is 36.8 Å². The minimum absolute atomic E-state index is 0.994. The normalized spacial score (nSPS) is 11.1. The lowest BCUT2D eigenvalue weighted by atomic mass is 10.3. The molecule has 0 rings (SSSR count). The van der Waals surface area contributed by atoms with Crippen LogP contribution in [0.25, 0.3) is 0 Å². The first-order valence-electron chi connectivity index (χ1n) is 3.90. The predicted octanol–water partition coefficient (Wildman–Crippen LogP) is 3.41. The maximum absolute atomic E-state index is 5.02. The molecule has 0 radical (unpaired) electrons. The quantitative estimate of drug-likeness (QED) is 0.433. The predicted molar refractivity (Wildman–Crippen MR) is 49.1 cm³/mol. The molecule has 0 spiro atoms. The summed E-state index contributed by atoms with van der Waals surface area (Å²) in [6.45, 7) is 7.76. The molecular formula is C10H16O. The second-order valence-corrected chi connectivity index (χ2v) is 2.45. The SMILES string of the molecule is C=C(C)C=CO/C=C/CCC. The van der Waals surface area contributed by atoms with Gasteiger partial charge in [0.2, 0.25) is 0 Å². The molecule has 11 heavy (non-hydrogen) atoms. The van der Waals surface area contributed by atoms with Crippen molar-refractivity contribution in [1.29, 1.82) is 0 Å². The van der Waals surface area contributed by atoms with Crippen LogP contribution in [-0.2, 0) is 4.74 Å². The summed E-state index contributed by atoms with van der Waals surface area (Å²) >= 11 is 0. The molecule has 0 atom stereocenters. The summed E-state index contributed by atoms with van der Waals surface area (Å²) in [5.41, 5.74) is 0.994. The fourth-order valence-electron chi connectivity index (χ4n) is 0.491. The van der Waals surface area contributed by atoms with E-state index in [0.717, 1.165) is 18.4 Å². The van der Waals surface area contributed by atoms with Gasteiger partial charge < -0.3 is 4.74 Å². The highest BCUT2D eigenvalue weighted by molar-refractivity contribution is 5.08. The second kappa shape index (κ2) is 7.13. The first-order valence-corrected chi connectivity index (χ1v) is 3.90. The van der Waals surface area contributed by atoms with Crippen molar-refractivity contribution >= 4 is 0 Å². The summed E-state index contributed by atoms with van der Waals surface area (Å²) < 4.78 is 5.02. The molecule has 0 amide bonds. The van der Waals surface area contributed by atoms with Crippen molar-refractivity contribution in [3.63, 3.8) is 0 Å². The Morgan fingerprint density at radius 3 is 2.73 bits per heavy atom. The molecule has 62 valence electrons. The minimum atomic E-state index is 0.994. The van der Waals surface area contributed by atoms with E-state index < -0.39 is 0 Å². The third kappa shape index (κ3) is 9.02. The lowest BCUT2D eigenvalue weighted by molar-refractivity contribution is 0.400. The molecule has 0 aromatic rings. The van der Waals surface area contributed by atoms with Crippen molar-refractivity contribution in [2.45, 2.75) is 26.7 Å². The topological polar surface area (TPSA) is 9.23 Å². The Morgan fingerprint density at radius 2 is 2.18 bits per heavy atom. The zero-order valence-electron chi connectivity index (χ0n) is 7.34. The van der Waals surface area contributed by atoms with Crippen molar-refractivity contribution in [3.8, 4) is 0 Å². The van der Waals surface area contributed by atoms with Gasteiger partial charge >= 0.3 is 0 Å². The van der Waals surface area contributed by atoms with Crippen LogP contribution in [-0.4, -0.2) is 0 Å². The Kier molecular flexibility index (Phi) is 6.50. The molecule has 0 unspecified atom stereocenters. The fourth-order valence-corrected chi connectivity index (χ4v) is 0.491. The molecular weight excluding hydrogens is 136 g/mol. The van der Waals surface area contributed by atoms with Crippen LogP contribution in [0.1, 0.15) is 26.7 Å². The van der Waals surface area contributed by atoms with E-state index >= 15 is 0 Å². The first kappa shape index (κ1) is 10.0. The van der Waals surface area contributed by atoms with Crippen molar-refractivity contribution in [2.24, 2.45) is 0 Å². The number of ether oxygens (including phenoxy) is 1. The smallest absolute Gasteiger partial charge is 0.0903 e. The first-order chi connectivity index (χ1) is 5.27. The van der Waals surface area contributed by atoms with Gasteiger partial charge in [0.05, 0.1) is 12.5 Å². The zero-order chi connectivity index (χ0) is 8.53. The lowest BCUT2D eigenvalue weighted by Gasteiger charge is -1.89. The zero-order valence-corrected chi connectivity index (χ0v) is 7.34. The van der Waals surface area contributed by atoms with E-state index in [1.807, 2.05) is 19.1 Å². The molecule has 0 fully saturated rings. The number of hydrogen-bond acceptors (Lipinski definition) is 1. The molecule has 0 heterocycles. The maximum Gasteiger partial charge on any atom is 0.0903 e. The van der Waals surface area contributed by atoms with Gasteiger partial charge in [0.1, 0.15) is 0 Å². The van der Waals surface area contributed by atoms with E-state index in [2.05, 4.69) is 13.5 Å². The highest BCUT2D eigenvalue weighted by Gasteiger charge is 1.73. The second-order valence-electron chi connectivity index (χ2n) is 2.45. The standard InChI is InChI=1S/C10H16O/c1-4-5-6-8-11-9-7-10(2)3/h6-9H,2,4-5H2,1,3H3/b8-6+,9-7?. The summed E-state index contributed by atoms with van der Waals surface area (Å²) in [7, 11) is 0. The van der Waals surface area contributed by atoms with Crippen molar-refractivity contribution < 1.29 is 4.74 Å². The van der Waals surface area contributed by atoms with E-state index in [0.29, 0.717) is 0 Å². The van der Waals surface area contributed by atoms with Crippen molar-refractivity contribution in [2.75, 3.05) is 0 Å². The van der Waals surface area contributed by atoms with Crippen LogP contribution in [0.2, 0.25) is 0 Å². The Labute approximate surface area is 69.1 Å². The summed E-state index contributed by atoms with van der Waals surface area (Å²) in [5, 5.41) is 0. The van der Waals surface area contributed by atoms with Gasteiger partial charge in [0.25, 0.3) is 0 Å². The highest BCUT2D eigenvalue weighted by Crippen LogP contribution is 1.92. The van der Waals surface area contributed by atoms with Gasteiger partial charge in [-0.1, -0.05) is 25.5 Å². The van der Waals surface area contributed by atoms with E-state index in [1.54, 1.807) is 12.5 Å². The number of hydrogen-bond donors (Lipinski definition) is 0. The largest absolute Gasteiger partial charge is 0.473 e. The van der Waals surface area contributed by atoms with Crippen LogP contribution >= 0.6 is 0 Å². The molecule has 0 N–H and O–H groups in total. The minimum Gasteiger partial charge on any atom is -0.473 e. The van der Waals surface area contributed by atoms with Gasteiger partial charge in [-0.3, -0.25) is 0 Å². The molecule has 0 aromatic heterocycles. The van der Waals surface area contributed by atoms with Crippen LogP contribution < -0.4 is 0 Å². The third-order valence-electron chi connectivity index (χ3n) is 1.06. The van der Waals surface area contributed by atoms with Gasteiger partial charge in [-0.25, -0.2) is 0 Å². The Balaban J connectivity index is 3.33. The Bertz CT molecular complexity index is 154. The molecule has 0 saturated heterocycles. The molecule has 0 bridgehead atoms. The molecule has 0 saturated carbocycles. The van der Waals surface area contributed by atoms with Gasteiger partial charge in [0.15, 0.2) is 0 Å². The van der Waals surface area contributed by atoms with Crippen LogP contribution in [0, 0.1) is 0 Å². The van der Waals surface area contributed by atoms with E-state index in [1.165, 1.54) is 0 Å². The maximum atomic E-state index is 5.02. The molecule has 0 aromatic carbocycles. The number of unbranched alkanes of at least 4 members (excludes halogenated alkanes) is 1. The monoisotopic (exact) mass is 152 g/mol. The van der Waals surface area contributed by atoms with Crippen LogP contribution in [0.3, 0.4) is 0 Å². The van der Waals surface area contributed by atoms with Crippen molar-refractivity contribution in [1.82, 2.24) is 0 Å². The molecule has 0 aliphatic heterocycles. The van der Waals surface area contributed by atoms with Crippen LogP contribution in [0.4, 0.5) is 0 Å². The third-order valence-corrected chi connectivity index (χ3v) is 1.06. The highest BCUT2D eigenvalue weighted by atomic mass is 16.5. The molecule has 1 heteroatoms. The summed E-state index contributed by atoms with van der Waals surface area (Å²) in [6, 6.07) is 0. The number of allylic oxidation sites excluding steroid dienone is 3. The van der Waals surface area contributed by atoms with E-state index in [4.69, 9.17) is 4.74 Å². The van der Waals surface area contributed by atoms with Gasteiger partial charge in [-0.15, -0.1) is 0 Å². The van der Waals surface area contributed by atoms with Crippen LogP contribution in [0.15, 0.2) is 36.8 Å². The van der Waals surface area contributed by atoms with E-state index in [9.17, 15) is 0 Å². The van der Waals surface area contributed by atoms with Gasteiger partial charge in [-0.2, -0.15) is 0 Å².